The number of hydrogen-bond acceptors (Lipinski definition) is 7. The van der Waals surface area contributed by atoms with E-state index < -0.39 is 0 Å². The maximum absolute atomic E-state index is 8.73. The summed E-state index contributed by atoms with van der Waals surface area (Å²) < 4.78 is 0. The summed E-state index contributed by atoms with van der Waals surface area (Å²) in [6, 6.07) is 5.53. The van der Waals surface area contributed by atoms with Crippen molar-refractivity contribution in [2.75, 3.05) is 36.0 Å². The number of hydrogen-bond donors (Lipinski definition) is 2. The van der Waals surface area contributed by atoms with Crippen LogP contribution in [0.1, 0.15) is 5.69 Å². The van der Waals surface area contributed by atoms with Gasteiger partial charge >= 0.3 is 0 Å². The van der Waals surface area contributed by atoms with Crippen molar-refractivity contribution in [1.82, 2.24) is 9.97 Å². The summed E-state index contributed by atoms with van der Waals surface area (Å²) in [5.74, 6) is 0.871. The van der Waals surface area contributed by atoms with Crippen LogP contribution in [0.15, 0.2) is 34.9 Å². The highest BCUT2D eigenvalue weighted by molar-refractivity contribution is 7.13. The van der Waals surface area contributed by atoms with Crippen LogP contribution in [0.2, 0.25) is 0 Å². The van der Waals surface area contributed by atoms with Crippen molar-refractivity contribution in [2.24, 2.45) is 10.9 Å². The molecule has 7 nitrogen and oxygen atoms in total. The molecule has 2 aromatic rings. The van der Waals surface area contributed by atoms with Crippen molar-refractivity contribution in [1.29, 1.82) is 0 Å². The van der Waals surface area contributed by atoms with Gasteiger partial charge in [-0.1, -0.05) is 11.2 Å². The van der Waals surface area contributed by atoms with Gasteiger partial charge < -0.3 is 20.7 Å². The fraction of sp³-hybridized carbons (Fsp3) is 0.308. The standard InChI is InChI=1S/C13H16N6OS/c14-12(17-20)10-2-1-3-11(16-10)18-5-7-19(8-6-18)13-15-4-9-21-13/h1-4,9,20H,5-8H2,(H2,14,17). The lowest BCUT2D eigenvalue weighted by Gasteiger charge is -2.35. The van der Waals surface area contributed by atoms with Gasteiger partial charge in [-0.15, -0.1) is 11.3 Å². The van der Waals surface area contributed by atoms with E-state index in [4.69, 9.17) is 10.9 Å². The molecule has 110 valence electrons. The average Bonchev–Trinajstić information content (AvgIpc) is 3.09. The topological polar surface area (TPSA) is 90.9 Å². The van der Waals surface area contributed by atoms with Gasteiger partial charge in [0.2, 0.25) is 0 Å². The van der Waals surface area contributed by atoms with Crippen LogP contribution < -0.4 is 15.5 Å². The molecule has 1 aliphatic heterocycles. The number of aromatic nitrogens is 2. The van der Waals surface area contributed by atoms with E-state index in [2.05, 4.69) is 24.9 Å². The minimum absolute atomic E-state index is 0.0262. The van der Waals surface area contributed by atoms with Crippen molar-refractivity contribution in [3.05, 3.63) is 35.5 Å². The number of anilines is 2. The van der Waals surface area contributed by atoms with Gasteiger partial charge in [0, 0.05) is 37.8 Å². The average molecular weight is 304 g/mol. The lowest BCUT2D eigenvalue weighted by molar-refractivity contribution is 0.318. The molecule has 3 heterocycles. The zero-order valence-corrected chi connectivity index (χ0v) is 12.2. The first kappa shape index (κ1) is 13.6. The van der Waals surface area contributed by atoms with Crippen LogP contribution in [0.5, 0.6) is 0 Å². The minimum Gasteiger partial charge on any atom is -0.409 e. The second-order valence-electron chi connectivity index (χ2n) is 4.66. The zero-order valence-electron chi connectivity index (χ0n) is 11.4. The van der Waals surface area contributed by atoms with Crippen LogP contribution in [0.4, 0.5) is 10.9 Å². The van der Waals surface area contributed by atoms with E-state index in [1.54, 1.807) is 17.4 Å². The van der Waals surface area contributed by atoms with Gasteiger partial charge in [0.25, 0.3) is 0 Å². The number of thiazole rings is 1. The van der Waals surface area contributed by atoms with Gasteiger partial charge in [0.05, 0.1) is 0 Å². The Morgan fingerprint density at radius 2 is 2.00 bits per heavy atom. The molecule has 0 radical (unpaired) electrons. The van der Waals surface area contributed by atoms with Crippen molar-refractivity contribution in [2.45, 2.75) is 0 Å². The largest absolute Gasteiger partial charge is 0.409 e. The molecule has 0 aliphatic carbocycles. The first-order valence-electron chi connectivity index (χ1n) is 6.62. The molecule has 2 aromatic heterocycles. The predicted molar refractivity (Wildman–Crippen MR) is 83.3 cm³/mol. The van der Waals surface area contributed by atoms with Crippen LogP contribution in [0.3, 0.4) is 0 Å². The van der Waals surface area contributed by atoms with E-state index >= 15 is 0 Å². The fourth-order valence-electron chi connectivity index (χ4n) is 2.29. The third-order valence-corrected chi connectivity index (χ3v) is 4.23. The Balaban J connectivity index is 1.69. The van der Waals surface area contributed by atoms with E-state index in [9.17, 15) is 0 Å². The lowest BCUT2D eigenvalue weighted by Crippen LogP contribution is -2.46. The molecular formula is C13H16N6OS. The van der Waals surface area contributed by atoms with Crippen LogP contribution >= 0.6 is 11.3 Å². The molecule has 1 aliphatic rings. The predicted octanol–water partition coefficient (Wildman–Crippen LogP) is 0.959. The first-order valence-corrected chi connectivity index (χ1v) is 7.50. The Bertz CT molecular complexity index is 621. The van der Waals surface area contributed by atoms with E-state index in [1.807, 2.05) is 23.7 Å². The lowest BCUT2D eigenvalue weighted by atomic mass is 10.3. The summed E-state index contributed by atoms with van der Waals surface area (Å²) in [6.45, 7) is 3.55. The van der Waals surface area contributed by atoms with Crippen molar-refractivity contribution >= 4 is 28.1 Å². The van der Waals surface area contributed by atoms with Gasteiger partial charge in [0.1, 0.15) is 11.5 Å². The highest BCUT2D eigenvalue weighted by atomic mass is 32.1. The summed E-state index contributed by atoms with van der Waals surface area (Å²) in [5.41, 5.74) is 6.07. The number of piperazine rings is 1. The summed E-state index contributed by atoms with van der Waals surface area (Å²) in [5, 5.41) is 14.8. The monoisotopic (exact) mass is 304 g/mol. The highest BCUT2D eigenvalue weighted by Crippen LogP contribution is 2.21. The van der Waals surface area contributed by atoms with E-state index in [0.29, 0.717) is 5.69 Å². The van der Waals surface area contributed by atoms with Gasteiger partial charge in [-0.25, -0.2) is 9.97 Å². The third kappa shape index (κ3) is 2.89. The number of nitrogens with zero attached hydrogens (tertiary/aromatic N) is 5. The quantitative estimate of drug-likeness (QED) is 0.380. The van der Waals surface area contributed by atoms with Gasteiger partial charge in [0.15, 0.2) is 11.0 Å². The molecule has 3 rings (SSSR count). The van der Waals surface area contributed by atoms with Gasteiger partial charge in [-0.3, -0.25) is 0 Å². The van der Waals surface area contributed by atoms with E-state index in [-0.39, 0.29) is 5.84 Å². The van der Waals surface area contributed by atoms with E-state index in [1.165, 1.54) is 0 Å². The fourth-order valence-corrected chi connectivity index (χ4v) is 2.99. The van der Waals surface area contributed by atoms with Crippen LogP contribution in [0.25, 0.3) is 0 Å². The highest BCUT2D eigenvalue weighted by Gasteiger charge is 2.20. The molecule has 0 amide bonds. The second-order valence-corrected chi connectivity index (χ2v) is 5.53. The molecule has 3 N–H and O–H groups in total. The number of nitrogens with two attached hydrogens (primary N) is 1. The molecule has 0 unspecified atom stereocenters. The minimum atomic E-state index is 0.0262. The van der Waals surface area contributed by atoms with Crippen LogP contribution in [0, 0.1) is 0 Å². The number of pyridine rings is 1. The molecule has 0 atom stereocenters. The maximum Gasteiger partial charge on any atom is 0.188 e. The Labute approximate surface area is 126 Å². The zero-order chi connectivity index (χ0) is 14.7. The van der Waals surface area contributed by atoms with Crippen molar-refractivity contribution in [3.63, 3.8) is 0 Å². The van der Waals surface area contributed by atoms with Crippen LogP contribution in [-0.2, 0) is 0 Å². The molecule has 0 aromatic carbocycles. The van der Waals surface area contributed by atoms with Crippen molar-refractivity contribution < 1.29 is 5.21 Å². The summed E-state index contributed by atoms with van der Waals surface area (Å²) in [7, 11) is 0. The molecule has 0 spiro atoms. The molecule has 0 saturated carbocycles. The second kappa shape index (κ2) is 5.96. The van der Waals surface area contributed by atoms with Gasteiger partial charge in [-0.05, 0) is 12.1 Å². The smallest absolute Gasteiger partial charge is 0.188 e. The summed E-state index contributed by atoms with van der Waals surface area (Å²) in [6.07, 6.45) is 1.83. The number of amidine groups is 1. The molecule has 8 heteroatoms. The van der Waals surface area contributed by atoms with Crippen molar-refractivity contribution in [3.8, 4) is 0 Å². The summed E-state index contributed by atoms with van der Waals surface area (Å²) in [4.78, 5) is 13.2. The van der Waals surface area contributed by atoms with Gasteiger partial charge in [-0.2, -0.15) is 0 Å². The molecule has 1 saturated heterocycles. The maximum atomic E-state index is 8.73. The third-order valence-electron chi connectivity index (χ3n) is 3.40. The first-order chi connectivity index (χ1) is 10.3. The number of oxime groups is 1. The summed E-state index contributed by atoms with van der Waals surface area (Å²) >= 11 is 1.66. The molecular weight excluding hydrogens is 288 g/mol. The molecule has 0 bridgehead atoms. The van der Waals surface area contributed by atoms with E-state index in [0.717, 1.165) is 37.1 Å². The Morgan fingerprint density at radius 3 is 2.67 bits per heavy atom. The normalized spacial score (nSPS) is 16.3. The SMILES string of the molecule is NC(=NO)c1cccc(N2CCN(c3nccs3)CC2)n1. The Kier molecular flexibility index (Phi) is 3.87. The Hall–Kier alpha value is -2.35. The van der Waals surface area contributed by atoms with Crippen LogP contribution in [-0.4, -0.2) is 47.2 Å². The Morgan fingerprint density at radius 1 is 1.24 bits per heavy atom. The molecule has 1 fully saturated rings. The number of rotatable bonds is 3. The molecule has 21 heavy (non-hydrogen) atoms.